The number of aromatic nitrogens is 2. The highest BCUT2D eigenvalue weighted by molar-refractivity contribution is 6.35. The van der Waals surface area contributed by atoms with E-state index < -0.39 is 23.1 Å². The normalized spacial score (nSPS) is 11.7. The molecule has 0 saturated heterocycles. The van der Waals surface area contributed by atoms with Crippen molar-refractivity contribution in [1.29, 1.82) is 0 Å². The quantitative estimate of drug-likeness (QED) is 0.829. The molecule has 0 unspecified atom stereocenters. The summed E-state index contributed by atoms with van der Waals surface area (Å²) in [5.74, 6) is 0. The molecule has 1 heterocycles. The van der Waals surface area contributed by atoms with Crippen LogP contribution < -0.4 is 17.0 Å². The summed E-state index contributed by atoms with van der Waals surface area (Å²) in [7, 11) is 0.926. The van der Waals surface area contributed by atoms with Crippen molar-refractivity contribution in [3.8, 4) is 0 Å². The molecular formula is C13H10Cl2F3N3O2. The fraction of sp³-hybridized carbons (Fsp3) is 0.231. The second-order valence-electron chi connectivity index (χ2n) is 4.76. The van der Waals surface area contributed by atoms with Crippen molar-refractivity contribution in [3.05, 3.63) is 60.3 Å². The average Bonchev–Trinajstić information content (AvgIpc) is 2.42. The Kier molecular flexibility index (Phi) is 4.50. The van der Waals surface area contributed by atoms with Crippen LogP contribution in [0.3, 0.4) is 0 Å². The zero-order valence-corrected chi connectivity index (χ0v) is 13.1. The number of nitrogen functional groups attached to an aromatic ring is 1. The van der Waals surface area contributed by atoms with Gasteiger partial charge >= 0.3 is 11.9 Å². The zero-order valence-electron chi connectivity index (χ0n) is 11.6. The molecule has 2 aromatic rings. The number of nitrogens with zero attached hydrogens (tertiary/aromatic N) is 2. The highest BCUT2D eigenvalue weighted by atomic mass is 35.5. The van der Waals surface area contributed by atoms with Gasteiger partial charge in [-0.1, -0.05) is 23.2 Å². The fourth-order valence-corrected chi connectivity index (χ4v) is 2.46. The van der Waals surface area contributed by atoms with E-state index in [-0.39, 0.29) is 27.8 Å². The van der Waals surface area contributed by atoms with Crippen molar-refractivity contribution in [2.75, 3.05) is 5.73 Å². The largest absolute Gasteiger partial charge is 0.431 e. The summed E-state index contributed by atoms with van der Waals surface area (Å²) in [4.78, 5) is 23.9. The molecule has 0 bridgehead atoms. The number of nitrogens with two attached hydrogens (primary N) is 1. The molecule has 0 saturated carbocycles. The van der Waals surface area contributed by atoms with Gasteiger partial charge in [0.2, 0.25) is 0 Å². The molecular weight excluding hydrogens is 358 g/mol. The second-order valence-corrected chi connectivity index (χ2v) is 5.58. The van der Waals surface area contributed by atoms with Crippen molar-refractivity contribution < 1.29 is 13.2 Å². The van der Waals surface area contributed by atoms with E-state index in [1.807, 2.05) is 0 Å². The first kappa shape index (κ1) is 17.4. The Morgan fingerprint density at radius 1 is 1.17 bits per heavy atom. The minimum Gasteiger partial charge on any atom is -0.397 e. The molecule has 1 aromatic carbocycles. The first-order valence-electron chi connectivity index (χ1n) is 6.14. The van der Waals surface area contributed by atoms with Gasteiger partial charge in [0.25, 0.3) is 5.56 Å². The van der Waals surface area contributed by atoms with Gasteiger partial charge in [-0.25, -0.2) is 4.79 Å². The van der Waals surface area contributed by atoms with Crippen LogP contribution in [-0.2, 0) is 19.8 Å². The molecule has 0 aliphatic rings. The Morgan fingerprint density at radius 3 is 2.35 bits per heavy atom. The maximum Gasteiger partial charge on any atom is 0.431 e. The van der Waals surface area contributed by atoms with E-state index in [1.54, 1.807) is 0 Å². The summed E-state index contributed by atoms with van der Waals surface area (Å²) in [6.45, 7) is -0.354. The van der Waals surface area contributed by atoms with E-state index in [0.717, 1.165) is 7.05 Å². The summed E-state index contributed by atoms with van der Waals surface area (Å²) in [5, 5.41) is 0.293. The van der Waals surface area contributed by atoms with Crippen molar-refractivity contribution in [1.82, 2.24) is 9.13 Å². The van der Waals surface area contributed by atoms with Gasteiger partial charge in [-0.15, -0.1) is 0 Å². The van der Waals surface area contributed by atoms with Crippen LogP contribution in [0.1, 0.15) is 11.3 Å². The molecule has 23 heavy (non-hydrogen) atoms. The van der Waals surface area contributed by atoms with Crippen LogP contribution in [0.25, 0.3) is 0 Å². The topological polar surface area (TPSA) is 70.0 Å². The van der Waals surface area contributed by atoms with E-state index in [2.05, 4.69) is 0 Å². The first-order chi connectivity index (χ1) is 10.5. The molecule has 5 nitrogen and oxygen atoms in total. The van der Waals surface area contributed by atoms with Crippen molar-refractivity contribution in [3.63, 3.8) is 0 Å². The lowest BCUT2D eigenvalue weighted by molar-refractivity contribution is -0.144. The predicted octanol–water partition coefficient (Wildman–Crippen LogP) is 2.50. The molecule has 2 N–H and O–H groups in total. The highest BCUT2D eigenvalue weighted by Crippen LogP contribution is 2.29. The molecule has 0 radical (unpaired) electrons. The molecule has 0 amide bonds. The van der Waals surface area contributed by atoms with E-state index in [9.17, 15) is 22.8 Å². The summed E-state index contributed by atoms with van der Waals surface area (Å²) in [6.07, 6.45) is -4.82. The van der Waals surface area contributed by atoms with Crippen LogP contribution in [0.15, 0.2) is 27.8 Å². The number of hydrogen-bond acceptors (Lipinski definition) is 3. The maximum absolute atomic E-state index is 12.8. The average molecular weight is 368 g/mol. The van der Waals surface area contributed by atoms with Gasteiger partial charge in [0.05, 0.1) is 17.3 Å². The van der Waals surface area contributed by atoms with Crippen LogP contribution in [0.4, 0.5) is 18.9 Å². The summed E-state index contributed by atoms with van der Waals surface area (Å²) >= 11 is 11.8. The second kappa shape index (κ2) is 5.93. The third-order valence-electron chi connectivity index (χ3n) is 3.17. The lowest BCUT2D eigenvalue weighted by Gasteiger charge is -2.14. The Balaban J connectivity index is 2.62. The van der Waals surface area contributed by atoms with Crippen LogP contribution in [0.2, 0.25) is 10.0 Å². The number of halogens is 5. The summed E-state index contributed by atoms with van der Waals surface area (Å²) in [5.41, 5.74) is 2.44. The monoisotopic (exact) mass is 367 g/mol. The lowest BCUT2D eigenvalue weighted by Crippen LogP contribution is -2.41. The Hall–Kier alpha value is -1.93. The standard InChI is InChI=1S/C13H10Cl2F3N3O2/c1-20-9(13(16,17)18)4-10(22)21(12(20)23)5-6-2-7(14)3-8(19)11(6)15/h2-4H,5,19H2,1H3. The van der Waals surface area contributed by atoms with Crippen molar-refractivity contribution in [2.45, 2.75) is 12.7 Å². The van der Waals surface area contributed by atoms with Crippen molar-refractivity contribution >= 4 is 28.9 Å². The fourth-order valence-electron chi connectivity index (χ4n) is 2.04. The van der Waals surface area contributed by atoms with Gasteiger partial charge in [0, 0.05) is 18.1 Å². The molecule has 10 heteroatoms. The number of rotatable bonds is 2. The molecule has 2 rings (SSSR count). The van der Waals surface area contributed by atoms with Gasteiger partial charge < -0.3 is 5.73 Å². The Bertz CT molecular complexity index is 888. The van der Waals surface area contributed by atoms with Gasteiger partial charge in [0.1, 0.15) is 5.69 Å². The molecule has 0 fully saturated rings. The Morgan fingerprint density at radius 2 is 1.78 bits per heavy atom. The smallest absolute Gasteiger partial charge is 0.397 e. The van der Waals surface area contributed by atoms with E-state index in [0.29, 0.717) is 15.2 Å². The number of benzene rings is 1. The predicted molar refractivity (Wildman–Crippen MR) is 80.9 cm³/mol. The van der Waals surface area contributed by atoms with E-state index >= 15 is 0 Å². The van der Waals surface area contributed by atoms with Crippen LogP contribution in [-0.4, -0.2) is 9.13 Å². The minimum atomic E-state index is -4.82. The van der Waals surface area contributed by atoms with Crippen LogP contribution in [0.5, 0.6) is 0 Å². The third-order valence-corrected chi connectivity index (χ3v) is 3.84. The SMILES string of the molecule is Cn1c(C(F)(F)F)cc(=O)n(Cc2cc(Cl)cc(N)c2Cl)c1=O. The number of hydrogen-bond donors (Lipinski definition) is 1. The van der Waals surface area contributed by atoms with Crippen LogP contribution >= 0.6 is 23.2 Å². The minimum absolute atomic E-state index is 0.0725. The number of anilines is 1. The van der Waals surface area contributed by atoms with Gasteiger partial charge in [-0.3, -0.25) is 13.9 Å². The maximum atomic E-state index is 12.8. The summed E-state index contributed by atoms with van der Waals surface area (Å²) in [6, 6.07) is 3.11. The number of alkyl halides is 3. The van der Waals surface area contributed by atoms with Crippen LogP contribution in [0, 0.1) is 0 Å². The third kappa shape index (κ3) is 3.37. The Labute approximate surface area is 137 Å². The summed E-state index contributed by atoms with van der Waals surface area (Å²) < 4.78 is 39.3. The molecule has 124 valence electrons. The lowest BCUT2D eigenvalue weighted by atomic mass is 10.2. The molecule has 1 aromatic heterocycles. The molecule has 0 spiro atoms. The highest BCUT2D eigenvalue weighted by Gasteiger charge is 2.34. The van der Waals surface area contributed by atoms with E-state index in [4.69, 9.17) is 28.9 Å². The van der Waals surface area contributed by atoms with E-state index in [1.165, 1.54) is 12.1 Å². The van der Waals surface area contributed by atoms with Gasteiger partial charge in [-0.2, -0.15) is 13.2 Å². The van der Waals surface area contributed by atoms with Crippen molar-refractivity contribution in [2.24, 2.45) is 7.05 Å². The first-order valence-corrected chi connectivity index (χ1v) is 6.89. The van der Waals surface area contributed by atoms with Gasteiger partial charge in [0.15, 0.2) is 0 Å². The van der Waals surface area contributed by atoms with Gasteiger partial charge in [-0.05, 0) is 17.7 Å². The molecule has 0 atom stereocenters. The zero-order chi connectivity index (χ0) is 17.5. The molecule has 0 aliphatic carbocycles. The molecule has 0 aliphatic heterocycles.